The van der Waals surface area contributed by atoms with Crippen molar-refractivity contribution in [3.8, 4) is 0 Å². The molecule has 2 atom stereocenters. The second-order valence-electron chi connectivity index (χ2n) is 5.83. The standard InChI is InChI=1S/C17H22N4O2/c1-11(2)21-10-9-14(20-21)17(23)19-15(16(18)22)12(3)13-7-5-4-6-8-13/h4-12,15H,1-3H3,(H2,18,22)(H,19,23)/t12-,15-/m0/s1. The highest BCUT2D eigenvalue weighted by molar-refractivity contribution is 5.96. The lowest BCUT2D eigenvalue weighted by molar-refractivity contribution is -0.120. The van der Waals surface area contributed by atoms with Crippen molar-refractivity contribution in [1.82, 2.24) is 15.1 Å². The maximum atomic E-state index is 12.3. The average Bonchev–Trinajstić information content (AvgIpc) is 3.02. The Balaban J connectivity index is 2.15. The molecule has 0 bridgehead atoms. The number of rotatable bonds is 6. The van der Waals surface area contributed by atoms with E-state index in [9.17, 15) is 9.59 Å². The summed E-state index contributed by atoms with van der Waals surface area (Å²) in [4.78, 5) is 24.1. The van der Waals surface area contributed by atoms with Crippen molar-refractivity contribution in [3.63, 3.8) is 0 Å². The Morgan fingerprint density at radius 1 is 1.13 bits per heavy atom. The van der Waals surface area contributed by atoms with Crippen LogP contribution in [0.2, 0.25) is 0 Å². The number of aromatic nitrogens is 2. The molecule has 2 amide bonds. The zero-order valence-corrected chi connectivity index (χ0v) is 13.6. The molecule has 0 radical (unpaired) electrons. The van der Waals surface area contributed by atoms with Gasteiger partial charge in [0, 0.05) is 18.2 Å². The Morgan fingerprint density at radius 3 is 2.30 bits per heavy atom. The second-order valence-corrected chi connectivity index (χ2v) is 5.83. The normalized spacial score (nSPS) is 13.6. The SMILES string of the molecule is CC(C)n1ccc(C(=O)N[C@H](C(N)=O)[C@@H](C)c2ccccc2)n1. The smallest absolute Gasteiger partial charge is 0.272 e. The summed E-state index contributed by atoms with van der Waals surface area (Å²) in [6.07, 6.45) is 1.74. The Bertz CT molecular complexity index is 679. The van der Waals surface area contributed by atoms with Crippen LogP contribution in [-0.2, 0) is 4.79 Å². The highest BCUT2D eigenvalue weighted by Gasteiger charge is 2.27. The molecule has 1 aromatic heterocycles. The molecule has 1 heterocycles. The molecule has 6 heteroatoms. The molecule has 0 unspecified atom stereocenters. The van der Waals surface area contributed by atoms with Crippen molar-refractivity contribution in [3.05, 3.63) is 53.9 Å². The van der Waals surface area contributed by atoms with E-state index in [0.717, 1.165) is 5.56 Å². The van der Waals surface area contributed by atoms with Gasteiger partial charge in [-0.2, -0.15) is 5.10 Å². The van der Waals surface area contributed by atoms with Gasteiger partial charge in [0.15, 0.2) is 0 Å². The first kappa shape index (κ1) is 16.7. The minimum atomic E-state index is -0.797. The molecule has 2 aromatic rings. The lowest BCUT2D eigenvalue weighted by atomic mass is 9.92. The first-order valence-electron chi connectivity index (χ1n) is 7.60. The van der Waals surface area contributed by atoms with Gasteiger partial charge in [-0.1, -0.05) is 37.3 Å². The molecule has 0 fully saturated rings. The molecule has 1 aromatic carbocycles. The number of primary amides is 1. The molecule has 0 aliphatic rings. The summed E-state index contributed by atoms with van der Waals surface area (Å²) in [5.41, 5.74) is 6.68. The summed E-state index contributed by atoms with van der Waals surface area (Å²) < 4.78 is 1.69. The molecule has 6 nitrogen and oxygen atoms in total. The largest absolute Gasteiger partial charge is 0.368 e. The molecule has 3 N–H and O–H groups in total. The Hall–Kier alpha value is -2.63. The van der Waals surface area contributed by atoms with Crippen molar-refractivity contribution >= 4 is 11.8 Å². The van der Waals surface area contributed by atoms with Crippen LogP contribution in [-0.4, -0.2) is 27.6 Å². The predicted octanol–water partition coefficient (Wildman–Crippen LogP) is 1.85. The van der Waals surface area contributed by atoms with E-state index in [1.54, 1.807) is 16.9 Å². The third kappa shape index (κ3) is 3.97. The third-order valence-electron chi connectivity index (χ3n) is 3.79. The van der Waals surface area contributed by atoms with Crippen LogP contribution in [0, 0.1) is 0 Å². The van der Waals surface area contributed by atoms with Crippen molar-refractivity contribution in [2.75, 3.05) is 0 Å². The summed E-state index contributed by atoms with van der Waals surface area (Å²) in [6, 6.07) is 10.5. The van der Waals surface area contributed by atoms with E-state index in [1.807, 2.05) is 51.1 Å². The molecule has 0 spiro atoms. The molecule has 122 valence electrons. The Morgan fingerprint density at radius 2 is 1.78 bits per heavy atom. The van der Waals surface area contributed by atoms with Crippen LogP contribution in [0.25, 0.3) is 0 Å². The second kappa shape index (κ2) is 7.09. The van der Waals surface area contributed by atoms with Gasteiger partial charge < -0.3 is 11.1 Å². The van der Waals surface area contributed by atoms with Crippen LogP contribution in [0.5, 0.6) is 0 Å². The van der Waals surface area contributed by atoms with Crippen LogP contribution >= 0.6 is 0 Å². The number of hydrogen-bond donors (Lipinski definition) is 2. The minimum absolute atomic E-state index is 0.159. The fraction of sp³-hybridized carbons (Fsp3) is 0.353. The van der Waals surface area contributed by atoms with Gasteiger partial charge in [-0.05, 0) is 25.5 Å². The number of carbonyl (C=O) groups is 2. The maximum absolute atomic E-state index is 12.3. The third-order valence-corrected chi connectivity index (χ3v) is 3.79. The lowest BCUT2D eigenvalue weighted by Crippen LogP contribution is -2.47. The van der Waals surface area contributed by atoms with Crippen LogP contribution in [0.4, 0.5) is 0 Å². The summed E-state index contributed by atoms with van der Waals surface area (Å²) >= 11 is 0. The average molecular weight is 314 g/mol. The molecule has 23 heavy (non-hydrogen) atoms. The van der Waals surface area contributed by atoms with Crippen molar-refractivity contribution in [2.24, 2.45) is 5.73 Å². The van der Waals surface area contributed by atoms with Gasteiger partial charge in [-0.3, -0.25) is 14.3 Å². The van der Waals surface area contributed by atoms with Gasteiger partial charge in [-0.15, -0.1) is 0 Å². The number of benzene rings is 1. The van der Waals surface area contributed by atoms with Crippen molar-refractivity contribution < 1.29 is 9.59 Å². The lowest BCUT2D eigenvalue weighted by Gasteiger charge is -2.22. The number of nitrogens with two attached hydrogens (primary N) is 1. The molecule has 2 rings (SSSR count). The van der Waals surface area contributed by atoms with E-state index in [4.69, 9.17) is 5.73 Å². The maximum Gasteiger partial charge on any atom is 0.272 e. The summed E-state index contributed by atoms with van der Waals surface area (Å²) in [6.45, 7) is 5.80. The van der Waals surface area contributed by atoms with Gasteiger partial charge >= 0.3 is 0 Å². The Labute approximate surface area is 135 Å². The van der Waals surface area contributed by atoms with Crippen LogP contribution < -0.4 is 11.1 Å². The van der Waals surface area contributed by atoms with Gasteiger partial charge in [0.2, 0.25) is 5.91 Å². The highest BCUT2D eigenvalue weighted by atomic mass is 16.2. The predicted molar refractivity (Wildman–Crippen MR) is 87.9 cm³/mol. The summed E-state index contributed by atoms with van der Waals surface area (Å²) in [5.74, 6) is -1.21. The van der Waals surface area contributed by atoms with Gasteiger partial charge in [-0.25, -0.2) is 0 Å². The minimum Gasteiger partial charge on any atom is -0.368 e. The van der Waals surface area contributed by atoms with Crippen LogP contribution in [0.3, 0.4) is 0 Å². The monoisotopic (exact) mass is 314 g/mol. The molecule has 0 aliphatic carbocycles. The zero-order chi connectivity index (χ0) is 17.0. The number of nitrogens with zero attached hydrogens (tertiary/aromatic N) is 2. The molecular weight excluding hydrogens is 292 g/mol. The van der Waals surface area contributed by atoms with Gasteiger partial charge in [0.1, 0.15) is 11.7 Å². The zero-order valence-electron chi connectivity index (χ0n) is 13.6. The van der Waals surface area contributed by atoms with Crippen molar-refractivity contribution in [2.45, 2.75) is 38.8 Å². The van der Waals surface area contributed by atoms with E-state index < -0.39 is 17.9 Å². The Kier molecular flexibility index (Phi) is 5.16. The van der Waals surface area contributed by atoms with Crippen LogP contribution in [0.15, 0.2) is 42.6 Å². The first-order valence-corrected chi connectivity index (χ1v) is 7.60. The highest BCUT2D eigenvalue weighted by Crippen LogP contribution is 2.19. The molecular formula is C17H22N4O2. The van der Waals surface area contributed by atoms with E-state index in [2.05, 4.69) is 10.4 Å². The van der Waals surface area contributed by atoms with E-state index in [-0.39, 0.29) is 17.7 Å². The number of carbonyl (C=O) groups excluding carboxylic acids is 2. The fourth-order valence-corrected chi connectivity index (χ4v) is 2.35. The number of amides is 2. The van der Waals surface area contributed by atoms with Gasteiger partial charge in [0.05, 0.1) is 0 Å². The molecule has 0 saturated carbocycles. The molecule has 0 aliphatic heterocycles. The van der Waals surface area contributed by atoms with E-state index in [1.165, 1.54) is 0 Å². The number of nitrogens with one attached hydrogen (secondary N) is 1. The topological polar surface area (TPSA) is 90.0 Å². The fourth-order valence-electron chi connectivity index (χ4n) is 2.35. The summed E-state index contributed by atoms with van der Waals surface area (Å²) in [7, 11) is 0. The molecule has 0 saturated heterocycles. The van der Waals surface area contributed by atoms with Gasteiger partial charge in [0.25, 0.3) is 5.91 Å². The number of hydrogen-bond acceptors (Lipinski definition) is 3. The van der Waals surface area contributed by atoms with Crippen molar-refractivity contribution in [1.29, 1.82) is 0 Å². The summed E-state index contributed by atoms with van der Waals surface area (Å²) in [5, 5.41) is 6.90. The van der Waals surface area contributed by atoms with E-state index in [0.29, 0.717) is 0 Å². The van der Waals surface area contributed by atoms with E-state index >= 15 is 0 Å². The quantitative estimate of drug-likeness (QED) is 0.852. The van der Waals surface area contributed by atoms with Crippen LogP contribution in [0.1, 0.15) is 48.8 Å². The first-order chi connectivity index (χ1) is 10.9.